The molecule has 10 nitrogen and oxygen atoms in total. The number of pyridine rings is 1. The molecule has 0 radical (unpaired) electrons. The molecule has 2 amide bonds. The summed E-state index contributed by atoms with van der Waals surface area (Å²) in [6.07, 6.45) is 10.2. The summed E-state index contributed by atoms with van der Waals surface area (Å²) in [7, 11) is 7.86. The first-order chi connectivity index (χ1) is 27.7. The van der Waals surface area contributed by atoms with Crippen molar-refractivity contribution >= 4 is 23.1 Å². The van der Waals surface area contributed by atoms with E-state index in [0.29, 0.717) is 13.0 Å². The fourth-order valence-corrected chi connectivity index (χ4v) is 8.94. The summed E-state index contributed by atoms with van der Waals surface area (Å²) < 4.78 is 0. The second-order valence-corrected chi connectivity index (χ2v) is 16.0. The van der Waals surface area contributed by atoms with E-state index in [9.17, 15) is 9.59 Å². The van der Waals surface area contributed by atoms with Crippen LogP contribution in [0.4, 0.5) is 0 Å². The smallest absolute Gasteiger partial charge is 0.245 e. The number of likely N-dealkylation sites (N-methyl/N-ethyl adjacent to an activating group) is 2. The first-order valence-electron chi connectivity index (χ1n) is 20.1. The molecule has 57 heavy (non-hydrogen) atoms. The predicted octanol–water partition coefficient (Wildman–Crippen LogP) is 7.89. The fourth-order valence-electron chi connectivity index (χ4n) is 8.94. The van der Waals surface area contributed by atoms with Gasteiger partial charge in [-0.1, -0.05) is 78.9 Å². The van der Waals surface area contributed by atoms with Crippen molar-refractivity contribution < 1.29 is 9.59 Å². The van der Waals surface area contributed by atoms with Gasteiger partial charge >= 0.3 is 0 Å². The van der Waals surface area contributed by atoms with E-state index in [1.807, 2.05) is 127 Å². The van der Waals surface area contributed by atoms with E-state index in [2.05, 4.69) is 42.2 Å². The molecular formula is C47H52N8O2. The number of hydrogen-bond acceptors (Lipinski definition) is 7. The van der Waals surface area contributed by atoms with E-state index in [4.69, 9.17) is 15.0 Å². The van der Waals surface area contributed by atoms with Crippen molar-refractivity contribution in [3.8, 4) is 22.5 Å². The number of imidazole rings is 1. The first kappa shape index (κ1) is 38.2. The average Bonchev–Trinajstić information content (AvgIpc) is 4.06. The normalized spacial score (nSPS) is 19.3. The molecule has 5 aromatic rings. The highest BCUT2D eigenvalue weighted by Crippen LogP contribution is 2.37. The van der Waals surface area contributed by atoms with E-state index in [0.717, 1.165) is 94.1 Å². The Hall–Kier alpha value is -5.71. The van der Waals surface area contributed by atoms with Crippen LogP contribution in [0.1, 0.15) is 78.3 Å². The van der Waals surface area contributed by atoms with Crippen LogP contribution in [0, 0.1) is 6.92 Å². The third-order valence-corrected chi connectivity index (χ3v) is 11.8. The van der Waals surface area contributed by atoms with Crippen molar-refractivity contribution in [1.82, 2.24) is 34.6 Å². The molecule has 3 aliphatic heterocycles. The van der Waals surface area contributed by atoms with Gasteiger partial charge in [0.25, 0.3) is 0 Å². The maximum atomic E-state index is 14.0. The topological polar surface area (TPSA) is 101 Å². The highest BCUT2D eigenvalue weighted by atomic mass is 16.2. The minimum Gasteiger partial charge on any atom is -0.340 e. The number of allylic oxidation sites excluding steroid dienone is 1. The van der Waals surface area contributed by atoms with Crippen LogP contribution in [0.25, 0.3) is 28.1 Å². The number of aryl methyl sites for hydroxylation is 1. The second kappa shape index (κ2) is 16.4. The van der Waals surface area contributed by atoms with E-state index >= 15 is 0 Å². The molecule has 0 aliphatic carbocycles. The van der Waals surface area contributed by atoms with Gasteiger partial charge in [-0.15, -0.1) is 0 Å². The van der Waals surface area contributed by atoms with E-state index < -0.39 is 0 Å². The summed E-state index contributed by atoms with van der Waals surface area (Å²) in [6, 6.07) is 29.9. The Morgan fingerprint density at radius 3 is 1.89 bits per heavy atom. The van der Waals surface area contributed by atoms with Crippen LogP contribution in [0.15, 0.2) is 115 Å². The molecule has 0 bridgehead atoms. The Balaban J connectivity index is 0.920. The SMILES string of the molecule is Cc1cc(-c2cnc([C@@H]3CCCN3C(=O)[C@@H](c3ccccc3)N(C)C)[nH]2)ccc1-c1ccc(C2=CN=C([C@@H]3CCCN3C(=O)[C@@H](c3ccccc3)N(C)C)C2)cn1. The van der Waals surface area contributed by atoms with Gasteiger partial charge in [0.05, 0.1) is 29.7 Å². The number of carbonyl (C=O) groups is 2. The Bertz CT molecular complexity index is 2280. The molecule has 8 rings (SSSR count). The summed E-state index contributed by atoms with van der Waals surface area (Å²) in [5.74, 6) is 1.06. The van der Waals surface area contributed by atoms with Crippen molar-refractivity contribution in [2.75, 3.05) is 41.3 Å². The number of likely N-dealkylation sites (tertiary alicyclic amines) is 2. The number of aliphatic imine (C=N–C) groups is 1. The zero-order valence-electron chi connectivity index (χ0n) is 33.6. The molecule has 3 aromatic carbocycles. The van der Waals surface area contributed by atoms with Crippen molar-refractivity contribution in [3.63, 3.8) is 0 Å². The average molecular weight is 761 g/mol. The third kappa shape index (κ3) is 7.72. The lowest BCUT2D eigenvalue weighted by atomic mass is 9.97. The number of hydrogen-bond donors (Lipinski definition) is 1. The van der Waals surface area contributed by atoms with Gasteiger partial charge in [-0.25, -0.2) is 4.98 Å². The lowest BCUT2D eigenvalue weighted by Crippen LogP contribution is -2.45. The number of nitrogens with one attached hydrogen (secondary N) is 1. The minimum absolute atomic E-state index is 0.00595. The molecule has 3 aliphatic rings. The zero-order valence-corrected chi connectivity index (χ0v) is 33.6. The van der Waals surface area contributed by atoms with Crippen molar-refractivity contribution in [3.05, 3.63) is 138 Å². The maximum Gasteiger partial charge on any atom is 0.245 e. The number of aromatic nitrogens is 3. The molecule has 2 aromatic heterocycles. The Labute approximate surface area is 336 Å². The fraction of sp³-hybridized carbons (Fsp3) is 0.340. The first-order valence-corrected chi connectivity index (χ1v) is 20.1. The van der Waals surface area contributed by atoms with Gasteiger partial charge in [-0.05, 0) is 106 Å². The highest BCUT2D eigenvalue weighted by molar-refractivity contribution is 6.03. The summed E-state index contributed by atoms with van der Waals surface area (Å²) in [5, 5.41) is 0. The highest BCUT2D eigenvalue weighted by Gasteiger charge is 2.39. The quantitative estimate of drug-likeness (QED) is 0.147. The second-order valence-electron chi connectivity index (χ2n) is 16.0. The van der Waals surface area contributed by atoms with Crippen molar-refractivity contribution in [1.29, 1.82) is 0 Å². The number of amides is 2. The minimum atomic E-state index is -0.346. The molecule has 292 valence electrons. The van der Waals surface area contributed by atoms with Crippen LogP contribution in [0.3, 0.4) is 0 Å². The number of aromatic amines is 1. The van der Waals surface area contributed by atoms with Gasteiger partial charge in [0, 0.05) is 43.2 Å². The van der Waals surface area contributed by atoms with Gasteiger partial charge in [0.15, 0.2) is 0 Å². The summed E-state index contributed by atoms with van der Waals surface area (Å²) in [5.41, 5.74) is 10.3. The predicted molar refractivity (Wildman–Crippen MR) is 226 cm³/mol. The van der Waals surface area contributed by atoms with Gasteiger partial charge < -0.3 is 14.8 Å². The van der Waals surface area contributed by atoms with Gasteiger partial charge in [0.1, 0.15) is 17.9 Å². The molecular weight excluding hydrogens is 709 g/mol. The zero-order chi connectivity index (χ0) is 39.6. The van der Waals surface area contributed by atoms with Gasteiger partial charge in [-0.2, -0.15) is 0 Å². The number of rotatable bonds is 11. The number of H-pyrrole nitrogens is 1. The lowest BCUT2D eigenvalue weighted by Gasteiger charge is -2.32. The van der Waals surface area contributed by atoms with Crippen LogP contribution >= 0.6 is 0 Å². The van der Waals surface area contributed by atoms with E-state index in [1.165, 1.54) is 0 Å². The molecule has 0 spiro atoms. The van der Waals surface area contributed by atoms with E-state index in [-0.39, 0.29) is 36.0 Å². The Morgan fingerprint density at radius 1 is 0.719 bits per heavy atom. The van der Waals surface area contributed by atoms with E-state index in [1.54, 1.807) is 0 Å². The van der Waals surface area contributed by atoms with Crippen molar-refractivity contribution in [2.45, 2.75) is 63.2 Å². The number of nitrogens with zero attached hydrogens (tertiary/aromatic N) is 7. The molecule has 2 fully saturated rings. The van der Waals surface area contributed by atoms with Crippen LogP contribution < -0.4 is 0 Å². The molecule has 10 heteroatoms. The number of carbonyl (C=O) groups excluding carboxylic acids is 2. The van der Waals surface area contributed by atoms with Crippen LogP contribution in [0.2, 0.25) is 0 Å². The standard InChI is InChI=1S/C47H52N8O2/c1-31-26-34(40-30-50-45(51-40)42-19-13-25-55(42)47(57)44(53(4)5)33-16-10-7-11-17-33)20-22-37(31)38-23-21-35(28-48-38)36-27-39(49-29-36)41-18-12-24-54(41)46(56)43(52(2)3)32-14-8-6-9-15-32/h6-11,14-17,20-23,26,28-30,41-44H,12-13,18-19,24-25,27H2,1-5H3,(H,50,51)/t41-,42-,43+,44+/m0/s1. The monoisotopic (exact) mass is 760 g/mol. The number of benzene rings is 3. The van der Waals surface area contributed by atoms with Crippen LogP contribution in [-0.2, 0) is 9.59 Å². The molecule has 2 saturated heterocycles. The Kier molecular flexibility index (Phi) is 11.0. The summed E-state index contributed by atoms with van der Waals surface area (Å²) in [4.78, 5) is 54.1. The molecule has 4 atom stereocenters. The van der Waals surface area contributed by atoms with Gasteiger partial charge in [0.2, 0.25) is 11.8 Å². The van der Waals surface area contributed by atoms with Gasteiger partial charge in [-0.3, -0.25) is 29.4 Å². The molecule has 0 unspecified atom stereocenters. The van der Waals surface area contributed by atoms with Crippen LogP contribution in [-0.4, -0.2) is 99.4 Å². The Morgan fingerprint density at radius 2 is 1.32 bits per heavy atom. The largest absolute Gasteiger partial charge is 0.340 e. The molecule has 0 saturated carbocycles. The molecule has 1 N–H and O–H groups in total. The maximum absolute atomic E-state index is 14.0. The molecule has 5 heterocycles. The van der Waals surface area contributed by atoms with Crippen molar-refractivity contribution in [2.24, 2.45) is 4.99 Å². The summed E-state index contributed by atoms with van der Waals surface area (Å²) in [6.45, 7) is 3.58. The van der Waals surface area contributed by atoms with Crippen LogP contribution in [0.5, 0.6) is 0 Å². The lowest BCUT2D eigenvalue weighted by molar-refractivity contribution is -0.137. The summed E-state index contributed by atoms with van der Waals surface area (Å²) >= 11 is 0. The third-order valence-electron chi connectivity index (χ3n) is 11.8.